The van der Waals surface area contributed by atoms with Gasteiger partial charge in [-0.3, -0.25) is 0 Å². The van der Waals surface area contributed by atoms with Crippen LogP contribution >= 0.6 is 0 Å². The smallest absolute Gasteiger partial charge is 0.0791 e. The molecule has 0 saturated carbocycles. The molecule has 0 bridgehead atoms. The molecular weight excluding hydrogens is 152 g/mol. The second-order valence-corrected chi connectivity index (χ2v) is 3.63. The van der Waals surface area contributed by atoms with Crippen molar-refractivity contribution in [3.05, 3.63) is 0 Å². The van der Waals surface area contributed by atoms with Crippen molar-refractivity contribution in [3.63, 3.8) is 0 Å². The fraction of sp³-hybridized carbons (Fsp3) is 1.00. The normalized spacial score (nSPS) is 16.5. The zero-order valence-corrected chi connectivity index (χ0v) is 8.67. The van der Waals surface area contributed by atoms with Crippen molar-refractivity contribution in [3.8, 4) is 0 Å². The van der Waals surface area contributed by atoms with Crippen LogP contribution in [0.1, 0.15) is 20.3 Å². The summed E-state index contributed by atoms with van der Waals surface area (Å²) in [5.41, 5.74) is 0. The van der Waals surface area contributed by atoms with E-state index in [9.17, 15) is 5.11 Å². The van der Waals surface area contributed by atoms with Crippen LogP contribution in [0.4, 0.5) is 0 Å². The molecule has 0 aromatic rings. The van der Waals surface area contributed by atoms with Crippen LogP contribution in [0.2, 0.25) is 0 Å². The molecule has 0 saturated heterocycles. The SMILES string of the molecule is CCC(C)NCC(O)CN(C)C. The molecule has 12 heavy (non-hydrogen) atoms. The Labute approximate surface area is 75.8 Å². The van der Waals surface area contributed by atoms with Gasteiger partial charge in [-0.25, -0.2) is 0 Å². The number of aliphatic hydroxyl groups is 1. The van der Waals surface area contributed by atoms with Crippen LogP contribution in [0.5, 0.6) is 0 Å². The molecule has 0 amide bonds. The van der Waals surface area contributed by atoms with Gasteiger partial charge in [0.2, 0.25) is 0 Å². The molecule has 0 aromatic carbocycles. The van der Waals surface area contributed by atoms with E-state index >= 15 is 0 Å². The minimum atomic E-state index is -0.256. The molecular formula is C9H22N2O. The fourth-order valence-electron chi connectivity index (χ4n) is 0.968. The first-order valence-electron chi connectivity index (χ1n) is 4.62. The molecule has 74 valence electrons. The van der Waals surface area contributed by atoms with Crippen LogP contribution in [0.3, 0.4) is 0 Å². The summed E-state index contributed by atoms with van der Waals surface area (Å²) in [5.74, 6) is 0. The maximum atomic E-state index is 9.46. The number of hydrogen-bond acceptors (Lipinski definition) is 3. The summed E-state index contributed by atoms with van der Waals surface area (Å²) in [4.78, 5) is 1.99. The molecule has 3 nitrogen and oxygen atoms in total. The molecule has 0 aromatic heterocycles. The highest BCUT2D eigenvalue weighted by Crippen LogP contribution is 1.89. The first kappa shape index (κ1) is 11.9. The van der Waals surface area contributed by atoms with Gasteiger partial charge in [-0.1, -0.05) is 6.92 Å². The number of rotatable bonds is 6. The van der Waals surface area contributed by atoms with Gasteiger partial charge in [0.25, 0.3) is 0 Å². The third kappa shape index (κ3) is 6.58. The molecule has 2 N–H and O–H groups in total. The van der Waals surface area contributed by atoms with Gasteiger partial charge in [-0.15, -0.1) is 0 Å². The Bertz CT molecular complexity index is 107. The summed E-state index contributed by atoms with van der Waals surface area (Å²) in [6.07, 6.45) is 0.850. The Hall–Kier alpha value is -0.120. The molecule has 2 unspecified atom stereocenters. The van der Waals surface area contributed by atoms with Crippen molar-refractivity contribution >= 4 is 0 Å². The van der Waals surface area contributed by atoms with Crippen LogP contribution in [-0.4, -0.2) is 49.3 Å². The van der Waals surface area contributed by atoms with Crippen molar-refractivity contribution < 1.29 is 5.11 Å². The van der Waals surface area contributed by atoms with Crippen molar-refractivity contribution in [2.45, 2.75) is 32.4 Å². The summed E-state index contributed by atoms with van der Waals surface area (Å²) in [6, 6.07) is 0.502. The first-order chi connectivity index (χ1) is 5.56. The third-order valence-electron chi connectivity index (χ3n) is 1.89. The Morgan fingerprint density at radius 2 is 2.00 bits per heavy atom. The summed E-state index contributed by atoms with van der Waals surface area (Å²) in [5, 5.41) is 12.7. The molecule has 0 spiro atoms. The fourth-order valence-corrected chi connectivity index (χ4v) is 0.968. The van der Waals surface area contributed by atoms with Crippen molar-refractivity contribution in [2.24, 2.45) is 0 Å². The average molecular weight is 174 g/mol. The first-order valence-corrected chi connectivity index (χ1v) is 4.62. The second kappa shape index (κ2) is 6.40. The summed E-state index contributed by atoms with van der Waals surface area (Å²) < 4.78 is 0. The zero-order valence-electron chi connectivity index (χ0n) is 8.67. The van der Waals surface area contributed by atoms with Gasteiger partial charge in [0, 0.05) is 19.1 Å². The van der Waals surface area contributed by atoms with Crippen molar-refractivity contribution in [2.75, 3.05) is 27.2 Å². The predicted octanol–water partition coefficient (Wildman–Crippen LogP) is 0.297. The minimum Gasteiger partial charge on any atom is -0.390 e. The van der Waals surface area contributed by atoms with Gasteiger partial charge in [-0.05, 0) is 27.4 Å². The number of likely N-dealkylation sites (N-methyl/N-ethyl adjacent to an activating group) is 1. The summed E-state index contributed by atoms with van der Waals surface area (Å²) in [7, 11) is 3.93. The van der Waals surface area contributed by atoms with Crippen LogP contribution in [0, 0.1) is 0 Å². The molecule has 3 heteroatoms. The van der Waals surface area contributed by atoms with Gasteiger partial charge in [-0.2, -0.15) is 0 Å². The average Bonchev–Trinajstić information content (AvgIpc) is 1.99. The molecule has 0 rings (SSSR count). The topological polar surface area (TPSA) is 35.5 Å². The van der Waals surface area contributed by atoms with E-state index in [1.807, 2.05) is 19.0 Å². The van der Waals surface area contributed by atoms with Crippen molar-refractivity contribution in [1.29, 1.82) is 0 Å². The number of nitrogens with zero attached hydrogens (tertiary/aromatic N) is 1. The third-order valence-corrected chi connectivity index (χ3v) is 1.89. The molecule has 0 aliphatic carbocycles. The van der Waals surface area contributed by atoms with Gasteiger partial charge in [0.15, 0.2) is 0 Å². The van der Waals surface area contributed by atoms with E-state index in [2.05, 4.69) is 19.2 Å². The largest absolute Gasteiger partial charge is 0.390 e. The Morgan fingerprint density at radius 1 is 1.42 bits per heavy atom. The van der Waals surface area contributed by atoms with E-state index in [4.69, 9.17) is 0 Å². The minimum absolute atomic E-state index is 0.256. The number of hydrogen-bond donors (Lipinski definition) is 2. The lowest BCUT2D eigenvalue weighted by atomic mass is 10.2. The predicted molar refractivity (Wildman–Crippen MR) is 52.3 cm³/mol. The van der Waals surface area contributed by atoms with Gasteiger partial charge >= 0.3 is 0 Å². The number of aliphatic hydroxyl groups excluding tert-OH is 1. The Morgan fingerprint density at radius 3 is 2.42 bits per heavy atom. The van der Waals surface area contributed by atoms with Crippen LogP contribution in [-0.2, 0) is 0 Å². The quantitative estimate of drug-likeness (QED) is 0.608. The molecule has 0 aliphatic heterocycles. The standard InChI is InChI=1S/C9H22N2O/c1-5-8(2)10-6-9(12)7-11(3)4/h8-10,12H,5-7H2,1-4H3. The molecule has 0 fully saturated rings. The molecule has 0 radical (unpaired) electrons. The van der Waals surface area contributed by atoms with E-state index in [1.165, 1.54) is 0 Å². The highest BCUT2D eigenvalue weighted by Gasteiger charge is 2.06. The lowest BCUT2D eigenvalue weighted by Crippen LogP contribution is -2.38. The lowest BCUT2D eigenvalue weighted by Gasteiger charge is -2.18. The Kier molecular flexibility index (Phi) is 6.34. The highest BCUT2D eigenvalue weighted by atomic mass is 16.3. The van der Waals surface area contributed by atoms with Crippen LogP contribution in [0.15, 0.2) is 0 Å². The lowest BCUT2D eigenvalue weighted by molar-refractivity contribution is 0.132. The van der Waals surface area contributed by atoms with Gasteiger partial charge in [0.05, 0.1) is 6.10 Å². The van der Waals surface area contributed by atoms with E-state index in [0.717, 1.165) is 13.0 Å². The van der Waals surface area contributed by atoms with E-state index in [1.54, 1.807) is 0 Å². The maximum absolute atomic E-state index is 9.46. The molecule has 0 heterocycles. The monoisotopic (exact) mass is 174 g/mol. The van der Waals surface area contributed by atoms with E-state index in [0.29, 0.717) is 12.6 Å². The number of nitrogens with one attached hydrogen (secondary N) is 1. The van der Waals surface area contributed by atoms with Gasteiger partial charge in [0.1, 0.15) is 0 Å². The van der Waals surface area contributed by atoms with E-state index in [-0.39, 0.29) is 6.10 Å². The molecule has 0 aliphatic rings. The summed E-state index contributed by atoms with van der Waals surface area (Å²) >= 11 is 0. The zero-order chi connectivity index (χ0) is 9.56. The maximum Gasteiger partial charge on any atom is 0.0791 e. The Balaban J connectivity index is 3.36. The van der Waals surface area contributed by atoms with Crippen molar-refractivity contribution in [1.82, 2.24) is 10.2 Å². The van der Waals surface area contributed by atoms with Crippen LogP contribution < -0.4 is 5.32 Å². The molecule has 2 atom stereocenters. The van der Waals surface area contributed by atoms with Gasteiger partial charge < -0.3 is 15.3 Å². The second-order valence-electron chi connectivity index (χ2n) is 3.63. The van der Waals surface area contributed by atoms with Crippen LogP contribution in [0.25, 0.3) is 0 Å². The summed E-state index contributed by atoms with van der Waals surface area (Å²) in [6.45, 7) is 5.68. The van der Waals surface area contributed by atoms with E-state index < -0.39 is 0 Å². The highest BCUT2D eigenvalue weighted by molar-refractivity contribution is 4.65.